The molecule has 0 amide bonds. The van der Waals surface area contributed by atoms with Crippen LogP contribution in [-0.2, 0) is 4.74 Å². The first-order valence-electron chi connectivity index (χ1n) is 2.08. The van der Waals surface area contributed by atoms with Gasteiger partial charge in [-0.1, -0.05) is 0 Å². The van der Waals surface area contributed by atoms with Crippen molar-refractivity contribution in [3.05, 3.63) is 0 Å². The van der Waals surface area contributed by atoms with E-state index in [2.05, 4.69) is 4.74 Å². The standard InChI is InChI=1S/C4H7FO/c1-3-2-4(5)6-3/h3-4H,2H2,1H3. The molecule has 0 saturated carbocycles. The lowest BCUT2D eigenvalue weighted by molar-refractivity contribution is -0.181. The molecule has 0 aliphatic carbocycles. The van der Waals surface area contributed by atoms with Crippen LogP contribution in [-0.4, -0.2) is 12.5 Å². The lowest BCUT2D eigenvalue weighted by Gasteiger charge is -2.26. The molecule has 36 valence electrons. The second-order valence-electron chi connectivity index (χ2n) is 1.59. The van der Waals surface area contributed by atoms with Crippen LogP contribution in [0.15, 0.2) is 0 Å². The predicted octanol–water partition coefficient (Wildman–Crippen LogP) is 1.09. The predicted molar refractivity (Wildman–Crippen MR) is 20.1 cm³/mol. The van der Waals surface area contributed by atoms with Gasteiger partial charge in [0.05, 0.1) is 6.10 Å². The molecule has 1 fully saturated rings. The van der Waals surface area contributed by atoms with Gasteiger partial charge in [0.15, 0.2) is 0 Å². The first kappa shape index (κ1) is 4.06. The molecule has 1 aliphatic heterocycles. The van der Waals surface area contributed by atoms with Gasteiger partial charge < -0.3 is 4.74 Å². The van der Waals surface area contributed by atoms with Gasteiger partial charge >= 0.3 is 0 Å². The first-order chi connectivity index (χ1) is 2.79. The van der Waals surface area contributed by atoms with Crippen molar-refractivity contribution in [2.45, 2.75) is 25.8 Å². The fourth-order valence-corrected chi connectivity index (χ4v) is 0.502. The second kappa shape index (κ2) is 1.19. The van der Waals surface area contributed by atoms with Crippen LogP contribution in [0.25, 0.3) is 0 Å². The maximum absolute atomic E-state index is 11.5. The summed E-state index contributed by atoms with van der Waals surface area (Å²) in [6.45, 7) is 1.86. The summed E-state index contributed by atoms with van der Waals surface area (Å²) in [4.78, 5) is 0. The maximum atomic E-state index is 11.5. The number of hydrogen-bond donors (Lipinski definition) is 0. The van der Waals surface area contributed by atoms with Crippen LogP contribution >= 0.6 is 0 Å². The van der Waals surface area contributed by atoms with E-state index in [0.717, 1.165) is 0 Å². The van der Waals surface area contributed by atoms with E-state index in [9.17, 15) is 4.39 Å². The summed E-state index contributed by atoms with van der Waals surface area (Å²) in [6, 6.07) is 0. The van der Waals surface area contributed by atoms with Crippen LogP contribution in [0.5, 0.6) is 0 Å². The molecule has 1 aliphatic rings. The Morgan fingerprint density at radius 1 is 1.83 bits per heavy atom. The van der Waals surface area contributed by atoms with Crippen molar-refractivity contribution in [1.29, 1.82) is 0 Å². The van der Waals surface area contributed by atoms with E-state index in [0.29, 0.717) is 6.42 Å². The lowest BCUT2D eigenvalue weighted by atomic mass is 10.2. The van der Waals surface area contributed by atoms with Crippen molar-refractivity contribution in [3.8, 4) is 0 Å². The van der Waals surface area contributed by atoms with E-state index in [1.807, 2.05) is 6.92 Å². The van der Waals surface area contributed by atoms with E-state index < -0.39 is 6.36 Å². The van der Waals surface area contributed by atoms with Crippen LogP contribution in [0, 0.1) is 0 Å². The molecule has 2 unspecified atom stereocenters. The topological polar surface area (TPSA) is 9.23 Å². The minimum Gasteiger partial charge on any atom is -0.345 e. The molecular weight excluding hydrogens is 83.0 g/mol. The summed E-state index contributed by atoms with van der Waals surface area (Å²) in [7, 11) is 0. The summed E-state index contributed by atoms with van der Waals surface area (Å²) >= 11 is 0. The number of ether oxygens (including phenoxy) is 1. The molecule has 0 spiro atoms. The van der Waals surface area contributed by atoms with Crippen LogP contribution in [0.1, 0.15) is 13.3 Å². The van der Waals surface area contributed by atoms with Crippen molar-refractivity contribution in [2.24, 2.45) is 0 Å². The third kappa shape index (κ3) is 0.522. The molecule has 0 radical (unpaired) electrons. The molecule has 2 atom stereocenters. The van der Waals surface area contributed by atoms with Crippen molar-refractivity contribution in [1.82, 2.24) is 0 Å². The van der Waals surface area contributed by atoms with E-state index in [1.54, 1.807) is 0 Å². The van der Waals surface area contributed by atoms with E-state index in [1.165, 1.54) is 0 Å². The van der Waals surface area contributed by atoms with Gasteiger partial charge in [0.1, 0.15) is 0 Å². The van der Waals surface area contributed by atoms with Crippen LogP contribution in [0.4, 0.5) is 4.39 Å². The van der Waals surface area contributed by atoms with Gasteiger partial charge in [-0.05, 0) is 6.92 Å². The fraction of sp³-hybridized carbons (Fsp3) is 1.00. The molecule has 1 saturated heterocycles. The zero-order chi connectivity index (χ0) is 4.57. The summed E-state index contributed by atoms with van der Waals surface area (Å²) in [5, 5.41) is 0. The maximum Gasteiger partial charge on any atom is 0.201 e. The van der Waals surface area contributed by atoms with Gasteiger partial charge in [-0.15, -0.1) is 0 Å². The Kier molecular flexibility index (Phi) is 0.804. The summed E-state index contributed by atoms with van der Waals surface area (Å²) < 4.78 is 16.0. The average Bonchev–Trinajstić information content (AvgIpc) is 1.33. The normalized spacial score (nSPS) is 45.0. The van der Waals surface area contributed by atoms with E-state index >= 15 is 0 Å². The Balaban J connectivity index is 2.11. The minimum atomic E-state index is -0.958. The van der Waals surface area contributed by atoms with Gasteiger partial charge in [0.2, 0.25) is 6.36 Å². The van der Waals surface area contributed by atoms with E-state index in [-0.39, 0.29) is 6.10 Å². The molecule has 0 aromatic rings. The molecule has 1 rings (SSSR count). The summed E-state index contributed by atoms with van der Waals surface area (Å²) in [5.74, 6) is 0. The first-order valence-corrected chi connectivity index (χ1v) is 2.08. The molecule has 0 aromatic heterocycles. The van der Waals surface area contributed by atoms with Crippen LogP contribution < -0.4 is 0 Å². The Labute approximate surface area is 36.1 Å². The number of alkyl halides is 1. The molecule has 0 bridgehead atoms. The van der Waals surface area contributed by atoms with Gasteiger partial charge in [0, 0.05) is 6.42 Å². The third-order valence-corrected chi connectivity index (χ3v) is 0.897. The molecule has 1 nitrogen and oxygen atoms in total. The zero-order valence-corrected chi connectivity index (χ0v) is 3.65. The molecule has 6 heavy (non-hydrogen) atoms. The molecular formula is C4H7FO. The Bertz CT molecular complexity index is 43.5. The molecule has 0 aromatic carbocycles. The van der Waals surface area contributed by atoms with Crippen molar-refractivity contribution < 1.29 is 9.13 Å². The van der Waals surface area contributed by atoms with Crippen molar-refractivity contribution in [3.63, 3.8) is 0 Å². The number of hydrogen-bond acceptors (Lipinski definition) is 1. The highest BCUT2D eigenvalue weighted by molar-refractivity contribution is 4.63. The minimum absolute atomic E-state index is 0.167. The SMILES string of the molecule is CC1CC(F)O1. The largest absolute Gasteiger partial charge is 0.345 e. The van der Waals surface area contributed by atoms with Crippen molar-refractivity contribution >= 4 is 0 Å². The van der Waals surface area contributed by atoms with Gasteiger partial charge in [-0.25, -0.2) is 4.39 Å². The Hall–Kier alpha value is -0.110. The van der Waals surface area contributed by atoms with Crippen LogP contribution in [0.3, 0.4) is 0 Å². The van der Waals surface area contributed by atoms with Crippen LogP contribution in [0.2, 0.25) is 0 Å². The van der Waals surface area contributed by atoms with Gasteiger partial charge in [-0.2, -0.15) is 0 Å². The molecule has 2 heteroatoms. The summed E-state index contributed by atoms with van der Waals surface area (Å²) in [5.41, 5.74) is 0. The Morgan fingerprint density at radius 2 is 2.33 bits per heavy atom. The highest BCUT2D eigenvalue weighted by Gasteiger charge is 2.24. The quantitative estimate of drug-likeness (QED) is 0.432. The third-order valence-electron chi connectivity index (χ3n) is 0.897. The van der Waals surface area contributed by atoms with Gasteiger partial charge in [-0.3, -0.25) is 0 Å². The summed E-state index contributed by atoms with van der Waals surface area (Å²) in [6.07, 6.45) is -0.208. The lowest BCUT2D eigenvalue weighted by Crippen LogP contribution is -2.30. The average molecular weight is 90.1 g/mol. The highest BCUT2D eigenvalue weighted by Crippen LogP contribution is 2.19. The Morgan fingerprint density at radius 3 is 2.33 bits per heavy atom. The smallest absolute Gasteiger partial charge is 0.201 e. The highest BCUT2D eigenvalue weighted by atomic mass is 19.1. The van der Waals surface area contributed by atoms with Gasteiger partial charge in [0.25, 0.3) is 0 Å². The zero-order valence-electron chi connectivity index (χ0n) is 3.65. The van der Waals surface area contributed by atoms with E-state index in [4.69, 9.17) is 0 Å². The molecule has 0 N–H and O–H groups in total. The number of halogens is 1. The number of rotatable bonds is 0. The van der Waals surface area contributed by atoms with Crippen molar-refractivity contribution in [2.75, 3.05) is 0 Å². The molecule has 1 heterocycles. The second-order valence-corrected chi connectivity index (χ2v) is 1.59. The fourth-order valence-electron chi connectivity index (χ4n) is 0.502. The monoisotopic (exact) mass is 90.0 g/mol.